The van der Waals surface area contributed by atoms with Gasteiger partial charge >= 0.3 is 5.97 Å². The molecule has 1 aliphatic rings. The second kappa shape index (κ2) is 10.6. The summed E-state index contributed by atoms with van der Waals surface area (Å²) in [5.41, 5.74) is 1.11. The van der Waals surface area contributed by atoms with E-state index in [-0.39, 0.29) is 16.7 Å². The molecular weight excluding hydrogens is 430 g/mol. The van der Waals surface area contributed by atoms with Crippen molar-refractivity contribution in [1.82, 2.24) is 9.62 Å². The van der Waals surface area contributed by atoms with Gasteiger partial charge in [0.2, 0.25) is 10.0 Å². The molecule has 1 amide bonds. The van der Waals surface area contributed by atoms with Crippen molar-refractivity contribution in [2.45, 2.75) is 24.8 Å². The van der Waals surface area contributed by atoms with Gasteiger partial charge in [-0.1, -0.05) is 50.2 Å². The molecule has 1 aliphatic heterocycles. The third-order valence-corrected chi connectivity index (χ3v) is 6.80. The maximum atomic E-state index is 12.6. The molecule has 1 saturated heterocycles. The Morgan fingerprint density at radius 1 is 0.938 bits per heavy atom. The van der Waals surface area contributed by atoms with Crippen LogP contribution in [0, 0.1) is 5.92 Å². The van der Waals surface area contributed by atoms with E-state index in [0.29, 0.717) is 26.2 Å². The predicted molar refractivity (Wildman–Crippen MR) is 122 cm³/mol. The van der Waals surface area contributed by atoms with Crippen molar-refractivity contribution in [3.63, 3.8) is 0 Å². The van der Waals surface area contributed by atoms with E-state index < -0.39 is 28.6 Å². The summed E-state index contributed by atoms with van der Waals surface area (Å²) in [5, 5.41) is 0. The number of hydrogen-bond acceptors (Lipinski definition) is 6. The van der Waals surface area contributed by atoms with E-state index in [2.05, 4.69) is 9.62 Å². The number of hydrogen-bond donors (Lipinski definition) is 1. The van der Waals surface area contributed by atoms with Crippen molar-refractivity contribution < 1.29 is 22.7 Å². The number of benzene rings is 2. The first-order valence-electron chi connectivity index (χ1n) is 10.6. The van der Waals surface area contributed by atoms with Crippen molar-refractivity contribution >= 4 is 27.6 Å². The molecule has 1 fully saturated rings. The second-order valence-electron chi connectivity index (χ2n) is 7.97. The molecule has 9 heteroatoms. The van der Waals surface area contributed by atoms with Gasteiger partial charge in [-0.3, -0.25) is 9.59 Å². The summed E-state index contributed by atoms with van der Waals surface area (Å²) in [6, 6.07) is 16.7. The fourth-order valence-corrected chi connectivity index (χ4v) is 4.81. The third kappa shape index (κ3) is 6.08. The Balaban J connectivity index is 1.52. The van der Waals surface area contributed by atoms with E-state index in [1.165, 1.54) is 12.1 Å². The number of piperazine rings is 1. The normalized spacial score (nSPS) is 15.5. The highest BCUT2D eigenvalue weighted by Crippen LogP contribution is 2.16. The van der Waals surface area contributed by atoms with Crippen LogP contribution < -0.4 is 9.62 Å². The van der Waals surface area contributed by atoms with E-state index in [9.17, 15) is 18.0 Å². The number of carbonyl (C=O) groups excluding carboxylic acids is 2. The Morgan fingerprint density at radius 3 is 2.06 bits per heavy atom. The largest absolute Gasteiger partial charge is 0.454 e. The highest BCUT2D eigenvalue weighted by molar-refractivity contribution is 7.89. The van der Waals surface area contributed by atoms with Gasteiger partial charge in [-0.15, -0.1) is 0 Å². The van der Waals surface area contributed by atoms with Crippen LogP contribution in [0.3, 0.4) is 0 Å². The molecule has 2 aromatic carbocycles. The molecule has 1 N–H and O–H groups in total. The standard InChI is InChI=1S/C23H29N3O5S/c1-18(2)22(24-32(29,30)20-11-7-4-8-12-20)23(28)31-17-21(27)26-15-13-25(14-16-26)19-9-5-3-6-10-19/h3-12,18,22,24H,13-17H2,1-2H3/t22-/m0/s1. The van der Waals surface area contributed by atoms with Crippen LogP contribution in [0.25, 0.3) is 0 Å². The molecule has 0 spiro atoms. The molecule has 0 aromatic heterocycles. The first-order chi connectivity index (χ1) is 15.3. The molecule has 1 atom stereocenters. The second-order valence-corrected chi connectivity index (χ2v) is 9.68. The zero-order chi connectivity index (χ0) is 23.1. The molecule has 172 valence electrons. The van der Waals surface area contributed by atoms with Crippen LogP contribution >= 0.6 is 0 Å². The number of amides is 1. The zero-order valence-electron chi connectivity index (χ0n) is 18.3. The topological polar surface area (TPSA) is 96.0 Å². The van der Waals surface area contributed by atoms with E-state index in [0.717, 1.165) is 5.69 Å². The van der Waals surface area contributed by atoms with Gasteiger partial charge in [-0.2, -0.15) is 4.72 Å². The lowest BCUT2D eigenvalue weighted by Gasteiger charge is -2.36. The number of rotatable bonds is 8. The monoisotopic (exact) mass is 459 g/mol. The smallest absolute Gasteiger partial charge is 0.324 e. The summed E-state index contributed by atoms with van der Waals surface area (Å²) >= 11 is 0. The number of anilines is 1. The number of esters is 1. The van der Waals surface area contributed by atoms with Crippen molar-refractivity contribution in [2.24, 2.45) is 5.92 Å². The number of carbonyl (C=O) groups is 2. The number of ether oxygens (including phenoxy) is 1. The summed E-state index contributed by atoms with van der Waals surface area (Å²) in [6.45, 7) is 5.44. The van der Waals surface area contributed by atoms with Gasteiger partial charge < -0.3 is 14.5 Å². The highest BCUT2D eigenvalue weighted by Gasteiger charge is 2.31. The molecule has 1 heterocycles. The van der Waals surface area contributed by atoms with Crippen LogP contribution in [0.15, 0.2) is 65.6 Å². The third-order valence-electron chi connectivity index (χ3n) is 5.35. The zero-order valence-corrected chi connectivity index (χ0v) is 19.1. The summed E-state index contributed by atoms with van der Waals surface area (Å²) in [5.74, 6) is -1.42. The molecule has 0 bridgehead atoms. The van der Waals surface area contributed by atoms with E-state index >= 15 is 0 Å². The molecule has 3 rings (SSSR count). The van der Waals surface area contributed by atoms with Gasteiger partial charge in [0, 0.05) is 31.9 Å². The van der Waals surface area contributed by atoms with Crippen molar-refractivity contribution in [1.29, 1.82) is 0 Å². The number of nitrogens with one attached hydrogen (secondary N) is 1. The van der Waals surface area contributed by atoms with Gasteiger partial charge in [-0.25, -0.2) is 8.42 Å². The molecule has 2 aromatic rings. The summed E-state index contributed by atoms with van der Waals surface area (Å²) in [7, 11) is -3.89. The maximum absolute atomic E-state index is 12.6. The predicted octanol–water partition coefficient (Wildman–Crippen LogP) is 1.88. The summed E-state index contributed by atoms with van der Waals surface area (Å²) in [6.07, 6.45) is 0. The van der Waals surface area contributed by atoms with E-state index in [1.54, 1.807) is 36.9 Å². The molecule has 0 saturated carbocycles. The van der Waals surface area contributed by atoms with Crippen molar-refractivity contribution in [3.05, 3.63) is 60.7 Å². The molecule has 0 unspecified atom stereocenters. The van der Waals surface area contributed by atoms with Gasteiger partial charge in [0.1, 0.15) is 6.04 Å². The summed E-state index contributed by atoms with van der Waals surface area (Å²) in [4.78, 5) is 29.0. The van der Waals surface area contributed by atoms with Crippen molar-refractivity contribution in [3.8, 4) is 0 Å². The van der Waals surface area contributed by atoms with Gasteiger partial charge in [-0.05, 0) is 30.2 Å². The fourth-order valence-electron chi connectivity index (χ4n) is 3.46. The number of nitrogens with zero attached hydrogens (tertiary/aromatic N) is 2. The quantitative estimate of drug-likeness (QED) is 0.606. The Hall–Kier alpha value is -2.91. The van der Waals surface area contributed by atoms with Crippen LogP contribution in [-0.4, -0.2) is 64.0 Å². The number of sulfonamides is 1. The van der Waals surface area contributed by atoms with Crippen LogP contribution in [0.5, 0.6) is 0 Å². The minimum atomic E-state index is -3.89. The van der Waals surface area contributed by atoms with Gasteiger partial charge in [0.05, 0.1) is 4.90 Å². The van der Waals surface area contributed by atoms with Crippen molar-refractivity contribution in [2.75, 3.05) is 37.7 Å². The van der Waals surface area contributed by atoms with Crippen LogP contribution in [0.2, 0.25) is 0 Å². The van der Waals surface area contributed by atoms with Gasteiger partial charge in [0.25, 0.3) is 5.91 Å². The van der Waals surface area contributed by atoms with Crippen LogP contribution in [0.1, 0.15) is 13.8 Å². The molecule has 0 aliphatic carbocycles. The lowest BCUT2D eigenvalue weighted by atomic mass is 10.1. The van der Waals surface area contributed by atoms with Crippen LogP contribution in [-0.2, 0) is 24.3 Å². The minimum Gasteiger partial charge on any atom is -0.454 e. The Bertz CT molecular complexity index is 1000. The molecule has 0 radical (unpaired) electrons. The fraction of sp³-hybridized carbons (Fsp3) is 0.391. The van der Waals surface area contributed by atoms with Gasteiger partial charge in [0.15, 0.2) is 6.61 Å². The van der Waals surface area contributed by atoms with Crippen LogP contribution in [0.4, 0.5) is 5.69 Å². The average Bonchev–Trinajstić information content (AvgIpc) is 2.82. The molecule has 8 nitrogen and oxygen atoms in total. The molecular formula is C23H29N3O5S. The Labute approximate surface area is 189 Å². The van der Waals surface area contributed by atoms with E-state index in [4.69, 9.17) is 4.74 Å². The average molecular weight is 460 g/mol. The first kappa shape index (κ1) is 23.7. The first-order valence-corrected chi connectivity index (χ1v) is 12.1. The lowest BCUT2D eigenvalue weighted by molar-refractivity contribution is -0.154. The SMILES string of the molecule is CC(C)[C@H](NS(=O)(=O)c1ccccc1)C(=O)OCC(=O)N1CCN(c2ccccc2)CC1. The lowest BCUT2D eigenvalue weighted by Crippen LogP contribution is -2.50. The number of para-hydroxylation sites is 1. The Morgan fingerprint density at radius 2 is 1.50 bits per heavy atom. The van der Waals surface area contributed by atoms with E-state index in [1.807, 2.05) is 30.3 Å². The molecule has 32 heavy (non-hydrogen) atoms. The summed E-state index contributed by atoms with van der Waals surface area (Å²) < 4.78 is 32.8. The highest BCUT2D eigenvalue weighted by atomic mass is 32.2. The minimum absolute atomic E-state index is 0.0609. The maximum Gasteiger partial charge on any atom is 0.324 e. The Kier molecular flexibility index (Phi) is 7.87.